The second-order valence-electron chi connectivity index (χ2n) is 9.91. The van der Waals surface area contributed by atoms with Crippen molar-refractivity contribution in [3.8, 4) is 0 Å². The number of thioether (sulfide) groups is 1. The highest BCUT2D eigenvalue weighted by molar-refractivity contribution is 8.00. The fraction of sp³-hybridized carbons (Fsp3) is 0.346. The average molecular weight is 602 g/mol. The van der Waals surface area contributed by atoms with Crippen LogP contribution in [0.25, 0.3) is 0 Å². The van der Waals surface area contributed by atoms with Gasteiger partial charge in [0.25, 0.3) is 11.8 Å². The summed E-state index contributed by atoms with van der Waals surface area (Å²) in [5.74, 6) is -2.72. The summed E-state index contributed by atoms with van der Waals surface area (Å²) in [5.41, 5.74) is 5.48. The summed E-state index contributed by atoms with van der Waals surface area (Å²) < 4.78 is 6.99. The van der Waals surface area contributed by atoms with Gasteiger partial charge < -0.3 is 25.7 Å². The van der Waals surface area contributed by atoms with Crippen molar-refractivity contribution in [3.05, 3.63) is 65.1 Å². The van der Waals surface area contributed by atoms with Crippen molar-refractivity contribution in [1.82, 2.24) is 15.2 Å². The Morgan fingerprint density at radius 3 is 2.66 bits per heavy atom. The topological polar surface area (TPSA) is 177 Å². The zero-order valence-electron chi connectivity index (χ0n) is 22.5. The van der Waals surface area contributed by atoms with E-state index < -0.39 is 40.8 Å². The van der Waals surface area contributed by atoms with Crippen molar-refractivity contribution in [2.45, 2.75) is 44.3 Å². The highest BCUT2D eigenvalue weighted by Gasteiger charge is 2.54. The molecule has 1 saturated heterocycles. The van der Waals surface area contributed by atoms with Crippen molar-refractivity contribution < 1.29 is 38.4 Å². The maximum Gasteiger partial charge on any atom is 0.352 e. The first-order chi connectivity index (χ1) is 19.4. The molecular weight excluding hydrogens is 572 g/mol. The molecule has 0 spiro atoms. The molecule has 4 heterocycles. The quantitative estimate of drug-likeness (QED) is 0.0679. The Hall–Kier alpha value is -4.24. The van der Waals surface area contributed by atoms with Crippen LogP contribution >= 0.6 is 23.1 Å². The molecule has 2 atom stereocenters. The number of rotatable bonds is 10. The lowest BCUT2D eigenvalue weighted by molar-refractivity contribution is -0.689. The number of carboxylic acid groups (broad SMARTS) is 1. The molecule has 1 unspecified atom stereocenters. The third kappa shape index (κ3) is 7.29. The molecule has 2 aliphatic rings. The molecule has 15 heteroatoms. The number of nitrogens with one attached hydrogen (secondary N) is 1. The fourth-order valence-electron chi connectivity index (χ4n) is 4.00. The standard InChI is InChI=1S/C26H28N6O7S2/c1-26(2,3)39-17(33)8-7-11-38-30-18(16-14-41-25(27)28-16)21(34)29-19-22(35)32-20(24(36)37)15(13-40-23(19)32)12-31-9-5-4-6-10-31/h4-10,14,19,23H,11-13H2,1-3H3,(H3-,27,28,29,34,36,37)/p+1/b8-7+,30-18-/t19?,23-/m1/s1. The minimum Gasteiger partial charge on any atom is -0.477 e. The van der Waals surface area contributed by atoms with E-state index in [0.29, 0.717) is 17.9 Å². The Labute approximate surface area is 243 Å². The normalized spacial score (nSPS) is 19.0. The minimum atomic E-state index is -1.21. The molecule has 4 rings (SSSR count). The van der Waals surface area contributed by atoms with Crippen LogP contribution < -0.4 is 15.6 Å². The lowest BCUT2D eigenvalue weighted by Crippen LogP contribution is -2.71. The van der Waals surface area contributed by atoms with Gasteiger partial charge in [0.1, 0.15) is 35.0 Å². The Morgan fingerprint density at radius 1 is 1.29 bits per heavy atom. The van der Waals surface area contributed by atoms with E-state index in [1.807, 2.05) is 35.2 Å². The van der Waals surface area contributed by atoms with E-state index in [4.69, 9.17) is 15.3 Å². The van der Waals surface area contributed by atoms with Crippen LogP contribution in [-0.2, 0) is 35.3 Å². The third-order valence-electron chi connectivity index (χ3n) is 5.65. The predicted molar refractivity (Wildman–Crippen MR) is 150 cm³/mol. The van der Waals surface area contributed by atoms with Gasteiger partial charge in [-0.25, -0.2) is 19.1 Å². The number of ether oxygens (including phenoxy) is 1. The number of pyridine rings is 1. The van der Waals surface area contributed by atoms with Gasteiger partial charge in [-0.05, 0) is 26.8 Å². The molecule has 0 aliphatic carbocycles. The number of nitrogen functional groups attached to an aromatic ring is 1. The van der Waals surface area contributed by atoms with E-state index in [1.165, 1.54) is 34.2 Å². The van der Waals surface area contributed by atoms with E-state index >= 15 is 0 Å². The second-order valence-corrected chi connectivity index (χ2v) is 11.9. The van der Waals surface area contributed by atoms with Gasteiger partial charge in [0.15, 0.2) is 29.8 Å². The van der Waals surface area contributed by atoms with E-state index in [2.05, 4.69) is 15.5 Å². The molecule has 0 bridgehead atoms. The number of thiazole rings is 1. The number of anilines is 1. The first-order valence-electron chi connectivity index (χ1n) is 12.4. The number of esters is 1. The van der Waals surface area contributed by atoms with Crippen LogP contribution in [-0.4, -0.2) is 73.8 Å². The highest BCUT2D eigenvalue weighted by Crippen LogP contribution is 2.40. The molecule has 0 radical (unpaired) electrons. The second kappa shape index (κ2) is 12.5. The van der Waals surface area contributed by atoms with Gasteiger partial charge in [0, 0.05) is 34.9 Å². The van der Waals surface area contributed by atoms with Gasteiger partial charge >= 0.3 is 11.9 Å². The summed E-state index contributed by atoms with van der Waals surface area (Å²) in [6.45, 7) is 5.38. The maximum atomic E-state index is 13.2. The number of hydrogen-bond acceptors (Lipinski definition) is 11. The fourth-order valence-corrected chi connectivity index (χ4v) is 5.88. The van der Waals surface area contributed by atoms with Crippen LogP contribution in [0.1, 0.15) is 26.5 Å². The van der Waals surface area contributed by atoms with Gasteiger partial charge in [0.2, 0.25) is 0 Å². The number of nitrogens with zero attached hydrogens (tertiary/aromatic N) is 4. The largest absolute Gasteiger partial charge is 0.477 e. The molecule has 0 aromatic carbocycles. The van der Waals surface area contributed by atoms with E-state index in [0.717, 1.165) is 11.3 Å². The van der Waals surface area contributed by atoms with Crippen molar-refractivity contribution in [1.29, 1.82) is 0 Å². The number of aliphatic carboxylic acids is 1. The van der Waals surface area contributed by atoms with Crippen LogP contribution in [0.4, 0.5) is 5.13 Å². The van der Waals surface area contributed by atoms with Gasteiger partial charge in [-0.15, -0.1) is 23.1 Å². The Kier molecular flexibility index (Phi) is 9.08. The lowest BCUT2D eigenvalue weighted by Gasteiger charge is -2.49. The monoisotopic (exact) mass is 601 g/mol. The van der Waals surface area contributed by atoms with Crippen LogP contribution in [0.15, 0.2) is 64.6 Å². The zero-order chi connectivity index (χ0) is 29.7. The number of aromatic nitrogens is 2. The number of fused-ring (bicyclic) bond motifs is 1. The average Bonchev–Trinajstić information content (AvgIpc) is 3.33. The Balaban J connectivity index is 1.45. The number of carboxylic acids is 1. The summed E-state index contributed by atoms with van der Waals surface area (Å²) >= 11 is 2.44. The summed E-state index contributed by atoms with van der Waals surface area (Å²) in [6.07, 6.45) is 6.18. The van der Waals surface area contributed by atoms with Crippen molar-refractivity contribution in [3.63, 3.8) is 0 Å². The Bertz CT molecular complexity index is 1430. The summed E-state index contributed by atoms with van der Waals surface area (Å²) in [7, 11) is 0. The van der Waals surface area contributed by atoms with Gasteiger partial charge in [-0.1, -0.05) is 11.2 Å². The zero-order valence-corrected chi connectivity index (χ0v) is 24.1. The number of amides is 2. The van der Waals surface area contributed by atoms with E-state index in [1.54, 1.807) is 20.8 Å². The van der Waals surface area contributed by atoms with Crippen LogP contribution in [0.2, 0.25) is 0 Å². The molecule has 1 fully saturated rings. The van der Waals surface area contributed by atoms with Crippen LogP contribution in [0.5, 0.6) is 0 Å². The van der Waals surface area contributed by atoms with Gasteiger partial charge in [0.05, 0.1) is 0 Å². The molecule has 2 aromatic heterocycles. The first kappa shape index (κ1) is 29.7. The third-order valence-corrected chi connectivity index (χ3v) is 7.67. The van der Waals surface area contributed by atoms with Gasteiger partial charge in [-0.2, -0.15) is 0 Å². The number of nitrogens with two attached hydrogens (primary N) is 1. The van der Waals surface area contributed by atoms with Crippen LogP contribution in [0.3, 0.4) is 0 Å². The number of hydrogen-bond donors (Lipinski definition) is 3. The molecule has 2 aliphatic heterocycles. The van der Waals surface area contributed by atoms with E-state index in [9.17, 15) is 24.3 Å². The highest BCUT2D eigenvalue weighted by atomic mass is 32.2. The number of carbonyl (C=O) groups is 4. The van der Waals surface area contributed by atoms with Crippen LogP contribution in [0, 0.1) is 0 Å². The minimum absolute atomic E-state index is 0.0816. The number of carbonyl (C=O) groups excluding carboxylic acids is 3. The number of β-lactam (4-membered cyclic amide) rings is 1. The lowest BCUT2D eigenvalue weighted by atomic mass is 10.0. The van der Waals surface area contributed by atoms with E-state index in [-0.39, 0.29) is 28.8 Å². The molecule has 41 heavy (non-hydrogen) atoms. The van der Waals surface area contributed by atoms with Gasteiger partial charge in [-0.3, -0.25) is 14.5 Å². The molecule has 0 saturated carbocycles. The van der Waals surface area contributed by atoms with Crippen molar-refractivity contribution in [2.75, 3.05) is 18.1 Å². The first-order valence-corrected chi connectivity index (χ1v) is 14.3. The molecule has 13 nitrogen and oxygen atoms in total. The maximum absolute atomic E-state index is 13.2. The Morgan fingerprint density at radius 2 is 2.02 bits per heavy atom. The molecule has 216 valence electrons. The summed E-state index contributed by atoms with van der Waals surface area (Å²) in [6, 6.07) is 4.53. The van der Waals surface area contributed by atoms with Crippen molar-refractivity contribution in [2.24, 2.45) is 5.16 Å². The molecule has 2 aromatic rings. The molecular formula is C26H29N6O7S2+. The predicted octanol–water partition coefficient (Wildman–Crippen LogP) is 1.07. The number of oxime groups is 1. The summed E-state index contributed by atoms with van der Waals surface area (Å²) in [4.78, 5) is 60.8. The molecule has 4 N–H and O–H groups in total. The SMILES string of the molecule is CC(C)(C)OC(=O)/C=C/CO/N=C(\C(=O)NC1C(=O)N2C(C(=O)O)=C(C[n+]3ccccc3)CS[C@H]12)c1csc(N)n1. The smallest absolute Gasteiger partial charge is 0.352 e. The summed E-state index contributed by atoms with van der Waals surface area (Å²) in [5, 5.41) is 17.5. The van der Waals surface area contributed by atoms with Crippen molar-refractivity contribution >= 4 is 57.7 Å². The molecule has 2 amide bonds.